The van der Waals surface area contributed by atoms with Gasteiger partial charge in [0, 0.05) is 43.5 Å². The number of halogens is 5. The first-order valence-electron chi connectivity index (χ1n) is 13.3. The van der Waals surface area contributed by atoms with Gasteiger partial charge in [-0.3, -0.25) is 0 Å². The Morgan fingerprint density at radius 3 is 2.48 bits per heavy atom. The summed E-state index contributed by atoms with van der Waals surface area (Å²) in [6.45, 7) is 12.3. The summed E-state index contributed by atoms with van der Waals surface area (Å²) in [5.74, 6) is 0.0676. The fourth-order valence-corrected chi connectivity index (χ4v) is 5.54. The van der Waals surface area contributed by atoms with Crippen molar-refractivity contribution in [2.24, 2.45) is 5.73 Å². The van der Waals surface area contributed by atoms with Gasteiger partial charge in [-0.1, -0.05) is 31.9 Å². The minimum atomic E-state index is -4.35. The van der Waals surface area contributed by atoms with Crippen LogP contribution in [0.3, 0.4) is 0 Å². The Hall–Kier alpha value is -3.76. The van der Waals surface area contributed by atoms with E-state index in [1.54, 1.807) is 6.20 Å². The lowest BCUT2D eigenvalue weighted by Crippen LogP contribution is -2.44. The van der Waals surface area contributed by atoms with Crippen LogP contribution in [0.1, 0.15) is 43.6 Å². The van der Waals surface area contributed by atoms with Crippen LogP contribution in [-0.2, 0) is 0 Å². The second-order valence-electron chi connectivity index (χ2n) is 10.3. The highest BCUT2D eigenvalue weighted by Gasteiger charge is 2.34. The first-order chi connectivity index (χ1) is 18.9. The van der Waals surface area contributed by atoms with Crippen molar-refractivity contribution in [1.82, 2.24) is 14.8 Å². The summed E-state index contributed by atoms with van der Waals surface area (Å²) >= 11 is 0. The molecule has 3 aliphatic rings. The van der Waals surface area contributed by atoms with E-state index < -0.39 is 30.3 Å². The highest BCUT2D eigenvalue weighted by atomic mass is 19.4. The van der Waals surface area contributed by atoms with Gasteiger partial charge in [0.25, 0.3) is 0 Å². The molecule has 11 heteroatoms. The highest BCUT2D eigenvalue weighted by Crippen LogP contribution is 2.38. The SMILES string of the molecule is C=C(N)N1CCC(N2C(=C)Nc3ncccc32)CC1.C=C1CCCC(c2cccc(F)c2F)CN1CC(F)(F)F. The van der Waals surface area contributed by atoms with Crippen LogP contribution in [0.15, 0.2) is 73.6 Å². The number of aromatic nitrogens is 1. The van der Waals surface area contributed by atoms with Crippen molar-refractivity contribution in [1.29, 1.82) is 0 Å². The third kappa shape index (κ3) is 6.86. The zero-order chi connectivity index (χ0) is 29.0. The molecule has 2 saturated heterocycles. The van der Waals surface area contributed by atoms with Crippen LogP contribution in [0, 0.1) is 11.6 Å². The highest BCUT2D eigenvalue weighted by molar-refractivity contribution is 5.77. The molecule has 5 rings (SSSR count). The Kier molecular flexibility index (Phi) is 8.90. The van der Waals surface area contributed by atoms with E-state index in [0.29, 0.717) is 36.8 Å². The first-order valence-corrected chi connectivity index (χ1v) is 13.3. The number of likely N-dealkylation sites (tertiary alicyclic amines) is 2. The Morgan fingerprint density at radius 2 is 1.80 bits per heavy atom. The number of piperidine rings is 1. The van der Waals surface area contributed by atoms with E-state index in [2.05, 4.69) is 45.9 Å². The Bertz CT molecular complexity index is 1240. The maximum Gasteiger partial charge on any atom is 0.405 e. The summed E-state index contributed by atoms with van der Waals surface area (Å²) in [7, 11) is 0. The molecule has 1 aromatic carbocycles. The number of rotatable bonds is 4. The molecule has 2 fully saturated rings. The first kappa shape index (κ1) is 29.2. The van der Waals surface area contributed by atoms with E-state index in [-0.39, 0.29) is 12.1 Å². The van der Waals surface area contributed by atoms with Crippen molar-refractivity contribution in [3.05, 3.63) is 90.8 Å². The molecule has 0 amide bonds. The minimum Gasteiger partial charge on any atom is -0.386 e. The van der Waals surface area contributed by atoms with Crippen molar-refractivity contribution >= 4 is 11.5 Å². The fourth-order valence-electron chi connectivity index (χ4n) is 5.54. The van der Waals surface area contributed by atoms with E-state index in [0.717, 1.165) is 54.2 Å². The van der Waals surface area contributed by atoms with Gasteiger partial charge < -0.3 is 25.8 Å². The van der Waals surface area contributed by atoms with Gasteiger partial charge in [0.1, 0.15) is 12.4 Å². The van der Waals surface area contributed by atoms with Crippen LogP contribution in [0.25, 0.3) is 0 Å². The predicted molar refractivity (Wildman–Crippen MR) is 147 cm³/mol. The van der Waals surface area contributed by atoms with Crippen LogP contribution in [-0.4, -0.2) is 53.2 Å². The standard InChI is InChI=1S/C15H16F5N.C14H19N5/c1-10-4-2-5-11(8-21(10)9-15(18,19)20)12-6-3-7-13(16)14(12)17;1-10(15)18-8-5-12(6-9-18)19-11(2)17-14-13(19)4-3-7-16-14/h3,6-7,11H,1-2,4-5,8-9H2;3-4,7,12H,1-2,5-6,8-9,15H2,(H,16,17). The van der Waals surface area contributed by atoms with Gasteiger partial charge in [-0.2, -0.15) is 13.2 Å². The zero-order valence-electron chi connectivity index (χ0n) is 22.4. The number of anilines is 2. The molecule has 1 unspecified atom stereocenters. The molecule has 1 atom stereocenters. The third-order valence-corrected chi connectivity index (χ3v) is 7.53. The topological polar surface area (TPSA) is 60.7 Å². The summed E-state index contributed by atoms with van der Waals surface area (Å²) in [6.07, 6.45) is 1.09. The molecule has 0 spiro atoms. The number of nitrogens with two attached hydrogens (primary N) is 1. The van der Waals surface area contributed by atoms with Crippen molar-refractivity contribution in [2.45, 2.75) is 50.2 Å². The van der Waals surface area contributed by atoms with Crippen LogP contribution < -0.4 is 16.0 Å². The number of pyridine rings is 1. The normalized spacial score (nSPS) is 19.9. The van der Waals surface area contributed by atoms with Crippen molar-refractivity contribution in [3.8, 4) is 0 Å². The molecule has 4 heterocycles. The molecule has 2 aromatic rings. The second-order valence-corrected chi connectivity index (χ2v) is 10.3. The summed E-state index contributed by atoms with van der Waals surface area (Å²) < 4.78 is 64.9. The van der Waals surface area contributed by atoms with E-state index in [1.807, 2.05) is 6.07 Å². The van der Waals surface area contributed by atoms with Gasteiger partial charge in [0.2, 0.25) is 0 Å². The quantitative estimate of drug-likeness (QED) is 0.428. The maximum absolute atomic E-state index is 13.8. The number of nitrogens with one attached hydrogen (secondary N) is 1. The Balaban J connectivity index is 0.000000186. The summed E-state index contributed by atoms with van der Waals surface area (Å²) in [5.41, 5.74) is 7.40. The third-order valence-electron chi connectivity index (χ3n) is 7.53. The number of hydrogen-bond acceptors (Lipinski definition) is 6. The summed E-state index contributed by atoms with van der Waals surface area (Å²) in [6, 6.07) is 8.30. The van der Waals surface area contributed by atoms with Crippen molar-refractivity contribution in [3.63, 3.8) is 0 Å². The molecule has 216 valence electrons. The molecule has 0 aliphatic carbocycles. The van der Waals surface area contributed by atoms with Crippen LogP contribution in [0.4, 0.5) is 33.5 Å². The largest absolute Gasteiger partial charge is 0.405 e. The Morgan fingerprint density at radius 1 is 1.07 bits per heavy atom. The molecule has 3 aliphatic heterocycles. The molecule has 0 radical (unpaired) electrons. The monoisotopic (exact) mass is 562 g/mol. The van der Waals surface area contributed by atoms with Gasteiger partial charge in [0.05, 0.1) is 11.5 Å². The lowest BCUT2D eigenvalue weighted by Gasteiger charge is -2.38. The number of allylic oxidation sites excluding steroid dienone is 1. The van der Waals surface area contributed by atoms with Gasteiger partial charge in [-0.05, 0) is 55.9 Å². The molecule has 1 aromatic heterocycles. The average molecular weight is 563 g/mol. The molecular formula is C29H35F5N6. The lowest BCUT2D eigenvalue weighted by atomic mass is 9.93. The molecule has 0 bridgehead atoms. The van der Waals surface area contributed by atoms with Crippen molar-refractivity contribution < 1.29 is 22.0 Å². The number of fused-ring (bicyclic) bond motifs is 1. The summed E-state index contributed by atoms with van der Waals surface area (Å²) in [5, 5.41) is 3.24. The molecule has 0 saturated carbocycles. The number of alkyl halides is 3. The fraction of sp³-hybridized carbons (Fsp3) is 0.414. The molecular weight excluding hydrogens is 527 g/mol. The van der Waals surface area contributed by atoms with E-state index >= 15 is 0 Å². The van der Waals surface area contributed by atoms with Gasteiger partial charge in [-0.15, -0.1) is 0 Å². The lowest BCUT2D eigenvalue weighted by molar-refractivity contribution is -0.142. The van der Waals surface area contributed by atoms with E-state index in [1.165, 1.54) is 12.1 Å². The van der Waals surface area contributed by atoms with Crippen LogP contribution in [0.2, 0.25) is 0 Å². The summed E-state index contributed by atoms with van der Waals surface area (Å²) in [4.78, 5) is 9.86. The zero-order valence-corrected chi connectivity index (χ0v) is 22.4. The van der Waals surface area contributed by atoms with Gasteiger partial charge >= 0.3 is 6.18 Å². The Labute approximate surface area is 231 Å². The number of hydrogen-bond donors (Lipinski definition) is 2. The predicted octanol–water partition coefficient (Wildman–Crippen LogP) is 6.29. The van der Waals surface area contributed by atoms with Crippen LogP contribution in [0.5, 0.6) is 0 Å². The molecule has 40 heavy (non-hydrogen) atoms. The van der Waals surface area contributed by atoms with E-state index in [4.69, 9.17) is 5.73 Å². The molecule has 3 N–H and O–H groups in total. The minimum absolute atomic E-state index is 0.00127. The molecule has 6 nitrogen and oxygen atoms in total. The van der Waals surface area contributed by atoms with E-state index in [9.17, 15) is 22.0 Å². The second kappa shape index (κ2) is 12.2. The van der Waals surface area contributed by atoms with Crippen LogP contribution >= 0.6 is 0 Å². The van der Waals surface area contributed by atoms with Gasteiger partial charge in [0.15, 0.2) is 17.5 Å². The van der Waals surface area contributed by atoms with Gasteiger partial charge in [-0.25, -0.2) is 13.8 Å². The number of nitrogens with zero attached hydrogens (tertiary/aromatic N) is 4. The van der Waals surface area contributed by atoms with Crippen molar-refractivity contribution in [2.75, 3.05) is 36.4 Å². The number of benzene rings is 1. The average Bonchev–Trinajstić information content (AvgIpc) is 3.14. The maximum atomic E-state index is 13.8. The smallest absolute Gasteiger partial charge is 0.386 e.